The van der Waals surface area contributed by atoms with Gasteiger partial charge in [0, 0.05) is 20.2 Å². The molecule has 2 rings (SSSR count). The van der Waals surface area contributed by atoms with Gasteiger partial charge < -0.3 is 9.64 Å². The first kappa shape index (κ1) is 18.4. The SMILES string of the molecule is CCN(CC)C(=O)n1nc(Sc2c(F)cccc2F)cc1COC. The lowest BCUT2D eigenvalue weighted by molar-refractivity contribution is 0.170. The van der Waals surface area contributed by atoms with Crippen molar-refractivity contribution in [2.75, 3.05) is 20.2 Å². The van der Waals surface area contributed by atoms with Crippen molar-refractivity contribution in [1.29, 1.82) is 0 Å². The first-order valence-corrected chi connectivity index (χ1v) is 8.32. The van der Waals surface area contributed by atoms with Crippen LogP contribution in [0.15, 0.2) is 34.2 Å². The largest absolute Gasteiger partial charge is 0.378 e. The number of nitrogens with zero attached hydrogens (tertiary/aromatic N) is 3. The summed E-state index contributed by atoms with van der Waals surface area (Å²) in [4.78, 5) is 14.0. The summed E-state index contributed by atoms with van der Waals surface area (Å²) < 4.78 is 33.9. The molecule has 0 saturated carbocycles. The second kappa shape index (κ2) is 8.25. The number of carbonyl (C=O) groups excluding carboxylic acids is 1. The third-order valence-corrected chi connectivity index (χ3v) is 4.40. The van der Waals surface area contributed by atoms with Gasteiger partial charge in [-0.3, -0.25) is 0 Å². The fourth-order valence-electron chi connectivity index (χ4n) is 2.17. The third kappa shape index (κ3) is 3.93. The predicted molar refractivity (Wildman–Crippen MR) is 87.1 cm³/mol. The zero-order valence-electron chi connectivity index (χ0n) is 13.8. The topological polar surface area (TPSA) is 47.4 Å². The van der Waals surface area contributed by atoms with Crippen LogP contribution < -0.4 is 0 Å². The minimum atomic E-state index is -0.669. The van der Waals surface area contributed by atoms with E-state index >= 15 is 0 Å². The Morgan fingerprint density at radius 3 is 2.46 bits per heavy atom. The van der Waals surface area contributed by atoms with Gasteiger partial charge >= 0.3 is 6.03 Å². The molecule has 0 bridgehead atoms. The molecule has 0 unspecified atom stereocenters. The number of aromatic nitrogens is 2. The minimum Gasteiger partial charge on any atom is -0.378 e. The summed E-state index contributed by atoms with van der Waals surface area (Å²) >= 11 is 0.838. The van der Waals surface area contributed by atoms with E-state index in [9.17, 15) is 13.6 Å². The van der Waals surface area contributed by atoms with E-state index in [4.69, 9.17) is 4.74 Å². The van der Waals surface area contributed by atoms with Crippen LogP contribution in [0.5, 0.6) is 0 Å². The van der Waals surface area contributed by atoms with E-state index in [1.165, 1.54) is 30.0 Å². The van der Waals surface area contributed by atoms with Crippen molar-refractivity contribution in [2.45, 2.75) is 30.4 Å². The number of benzene rings is 1. The van der Waals surface area contributed by atoms with Crippen molar-refractivity contribution < 1.29 is 18.3 Å². The molecule has 1 amide bonds. The molecule has 0 fully saturated rings. The van der Waals surface area contributed by atoms with E-state index in [2.05, 4.69) is 5.10 Å². The Morgan fingerprint density at radius 1 is 1.29 bits per heavy atom. The van der Waals surface area contributed by atoms with Crippen LogP contribution in [-0.2, 0) is 11.3 Å². The standard InChI is InChI=1S/C16H19F2N3O2S/c1-4-20(5-2)16(22)21-11(10-23-3)9-14(19-21)24-15-12(17)7-6-8-13(15)18/h6-9H,4-5,10H2,1-3H3. The van der Waals surface area contributed by atoms with Crippen molar-refractivity contribution in [3.8, 4) is 0 Å². The maximum Gasteiger partial charge on any atom is 0.345 e. The minimum absolute atomic E-state index is 0.151. The Morgan fingerprint density at radius 2 is 1.92 bits per heavy atom. The second-order valence-corrected chi connectivity index (χ2v) is 5.96. The number of halogens is 2. The molecule has 5 nitrogen and oxygen atoms in total. The van der Waals surface area contributed by atoms with E-state index in [1.54, 1.807) is 11.0 Å². The van der Waals surface area contributed by atoms with Crippen molar-refractivity contribution in [3.05, 3.63) is 41.6 Å². The fraction of sp³-hybridized carbons (Fsp3) is 0.375. The number of carbonyl (C=O) groups is 1. The highest BCUT2D eigenvalue weighted by Gasteiger charge is 2.20. The summed E-state index contributed by atoms with van der Waals surface area (Å²) in [6.45, 7) is 4.97. The Hall–Kier alpha value is -1.93. The van der Waals surface area contributed by atoms with Crippen molar-refractivity contribution in [1.82, 2.24) is 14.7 Å². The molecule has 0 radical (unpaired) electrons. The van der Waals surface area contributed by atoms with Crippen LogP contribution >= 0.6 is 11.8 Å². The van der Waals surface area contributed by atoms with Gasteiger partial charge in [-0.15, -0.1) is 0 Å². The highest BCUT2D eigenvalue weighted by Crippen LogP contribution is 2.31. The summed E-state index contributed by atoms with van der Waals surface area (Å²) in [6.07, 6.45) is 0. The molecular weight excluding hydrogens is 336 g/mol. The molecule has 2 aromatic rings. The molecule has 0 atom stereocenters. The monoisotopic (exact) mass is 355 g/mol. The molecule has 8 heteroatoms. The van der Waals surface area contributed by atoms with Crippen LogP contribution in [0.25, 0.3) is 0 Å². The Bertz CT molecular complexity index is 697. The van der Waals surface area contributed by atoms with E-state index in [0.29, 0.717) is 23.8 Å². The molecule has 130 valence electrons. The molecule has 0 aliphatic heterocycles. The number of methoxy groups -OCH3 is 1. The first-order valence-electron chi connectivity index (χ1n) is 7.50. The Balaban J connectivity index is 2.36. The number of hydrogen-bond acceptors (Lipinski definition) is 4. The van der Waals surface area contributed by atoms with E-state index < -0.39 is 11.6 Å². The highest BCUT2D eigenvalue weighted by molar-refractivity contribution is 7.99. The maximum atomic E-state index is 13.8. The van der Waals surface area contributed by atoms with Gasteiger partial charge in [-0.25, -0.2) is 13.6 Å². The normalized spacial score (nSPS) is 10.9. The van der Waals surface area contributed by atoms with Crippen molar-refractivity contribution in [2.24, 2.45) is 0 Å². The summed E-state index contributed by atoms with van der Waals surface area (Å²) in [5.74, 6) is -1.34. The molecule has 1 aromatic carbocycles. The lowest BCUT2D eigenvalue weighted by Gasteiger charge is -2.19. The first-order chi connectivity index (χ1) is 11.5. The Labute approximate surface area is 143 Å². The summed E-state index contributed by atoms with van der Waals surface area (Å²) in [5.41, 5.74) is 0.522. The molecule has 1 heterocycles. The average Bonchev–Trinajstić information content (AvgIpc) is 2.95. The molecule has 1 aromatic heterocycles. The van der Waals surface area contributed by atoms with Gasteiger partial charge in [-0.05, 0) is 32.0 Å². The number of ether oxygens (including phenoxy) is 1. The summed E-state index contributed by atoms with van der Waals surface area (Å²) in [7, 11) is 1.50. The second-order valence-electron chi connectivity index (χ2n) is 4.93. The van der Waals surface area contributed by atoms with Crippen molar-refractivity contribution >= 4 is 17.8 Å². The molecule has 24 heavy (non-hydrogen) atoms. The quantitative estimate of drug-likeness (QED) is 0.791. The Kier molecular flexibility index (Phi) is 6.33. The zero-order valence-corrected chi connectivity index (χ0v) is 14.6. The molecule has 0 saturated heterocycles. The van der Waals surface area contributed by atoms with Crippen LogP contribution in [0.4, 0.5) is 13.6 Å². The van der Waals surface area contributed by atoms with Gasteiger partial charge in [0.25, 0.3) is 0 Å². The lowest BCUT2D eigenvalue weighted by atomic mass is 10.3. The highest BCUT2D eigenvalue weighted by atomic mass is 32.2. The maximum absolute atomic E-state index is 13.8. The zero-order chi connectivity index (χ0) is 17.7. The molecule has 0 aliphatic carbocycles. The fourth-order valence-corrected chi connectivity index (χ4v) is 3.03. The van der Waals surface area contributed by atoms with Crippen molar-refractivity contribution in [3.63, 3.8) is 0 Å². The molecule has 0 N–H and O–H groups in total. The van der Waals surface area contributed by atoms with Crippen LogP contribution in [0.3, 0.4) is 0 Å². The summed E-state index contributed by atoms with van der Waals surface area (Å²) in [5, 5.41) is 4.52. The van der Waals surface area contributed by atoms with E-state index in [0.717, 1.165) is 11.8 Å². The van der Waals surface area contributed by atoms with Gasteiger partial charge in [-0.1, -0.05) is 17.8 Å². The molecule has 0 aliphatic rings. The van der Waals surface area contributed by atoms with Crippen LogP contribution in [0, 0.1) is 11.6 Å². The smallest absolute Gasteiger partial charge is 0.345 e. The molecular formula is C16H19F2N3O2S. The molecule has 0 spiro atoms. The number of amides is 1. The predicted octanol–water partition coefficient (Wildman–Crippen LogP) is 3.77. The van der Waals surface area contributed by atoms with Gasteiger partial charge in [0.05, 0.1) is 17.2 Å². The number of hydrogen-bond donors (Lipinski definition) is 0. The van der Waals surface area contributed by atoms with Crippen LogP contribution in [-0.4, -0.2) is 40.9 Å². The average molecular weight is 355 g/mol. The summed E-state index contributed by atoms with van der Waals surface area (Å²) in [6, 6.07) is 4.96. The van der Waals surface area contributed by atoms with Gasteiger partial charge in [0.1, 0.15) is 16.7 Å². The van der Waals surface area contributed by atoms with E-state index in [1.807, 2.05) is 13.8 Å². The van der Waals surface area contributed by atoms with Crippen LogP contribution in [0.1, 0.15) is 19.5 Å². The van der Waals surface area contributed by atoms with Gasteiger partial charge in [-0.2, -0.15) is 9.78 Å². The lowest BCUT2D eigenvalue weighted by Crippen LogP contribution is -2.35. The van der Waals surface area contributed by atoms with Gasteiger partial charge in [0.15, 0.2) is 0 Å². The van der Waals surface area contributed by atoms with Crippen LogP contribution in [0.2, 0.25) is 0 Å². The third-order valence-electron chi connectivity index (χ3n) is 3.39. The van der Waals surface area contributed by atoms with E-state index in [-0.39, 0.29) is 17.5 Å². The van der Waals surface area contributed by atoms with Gasteiger partial charge in [0.2, 0.25) is 0 Å². The number of rotatable bonds is 6.